The highest BCUT2D eigenvalue weighted by Crippen LogP contribution is 2.16. The lowest BCUT2D eigenvalue weighted by molar-refractivity contribution is 0.232. The van der Waals surface area contributed by atoms with E-state index in [-0.39, 0.29) is 24.0 Å². The summed E-state index contributed by atoms with van der Waals surface area (Å²) in [6.45, 7) is 14.7. The van der Waals surface area contributed by atoms with E-state index in [4.69, 9.17) is 4.99 Å². The number of hydrogen-bond acceptors (Lipinski definition) is 3. The van der Waals surface area contributed by atoms with Crippen LogP contribution in [-0.2, 0) is 0 Å². The van der Waals surface area contributed by atoms with Crippen molar-refractivity contribution in [1.29, 1.82) is 0 Å². The Hall–Kier alpha value is -0.0800. The quantitative estimate of drug-likeness (QED) is 0.338. The van der Waals surface area contributed by atoms with Crippen LogP contribution in [0.2, 0.25) is 0 Å². The number of halogens is 1. The highest BCUT2D eigenvalue weighted by molar-refractivity contribution is 14.0. The lowest BCUT2D eigenvalue weighted by atomic mass is 10.1. The minimum Gasteiger partial charge on any atom is -0.357 e. The molecule has 1 atom stereocenters. The zero-order valence-corrected chi connectivity index (χ0v) is 18.1. The van der Waals surface area contributed by atoms with Crippen LogP contribution >= 0.6 is 24.0 Å². The molecule has 0 saturated carbocycles. The fourth-order valence-electron chi connectivity index (χ4n) is 3.66. The van der Waals surface area contributed by atoms with Crippen LogP contribution in [0.4, 0.5) is 0 Å². The van der Waals surface area contributed by atoms with Gasteiger partial charge in [0.15, 0.2) is 5.96 Å². The minimum absolute atomic E-state index is 0. The summed E-state index contributed by atoms with van der Waals surface area (Å²) in [5, 5.41) is 6.90. The van der Waals surface area contributed by atoms with Gasteiger partial charge in [0.05, 0.1) is 0 Å². The summed E-state index contributed by atoms with van der Waals surface area (Å²) in [5.41, 5.74) is 0. The topological polar surface area (TPSA) is 42.9 Å². The van der Waals surface area contributed by atoms with Crippen LogP contribution in [-0.4, -0.2) is 74.7 Å². The SMILES string of the molecule is CCCN1CCC(CN=C(NCC)NCCN2CCCCC2)C1.I. The molecule has 24 heavy (non-hydrogen) atoms. The summed E-state index contributed by atoms with van der Waals surface area (Å²) in [7, 11) is 0. The van der Waals surface area contributed by atoms with E-state index in [1.54, 1.807) is 0 Å². The van der Waals surface area contributed by atoms with E-state index in [9.17, 15) is 0 Å². The number of nitrogens with one attached hydrogen (secondary N) is 2. The number of piperidine rings is 1. The molecule has 6 heteroatoms. The van der Waals surface area contributed by atoms with E-state index >= 15 is 0 Å². The molecular formula is C18H38IN5. The van der Waals surface area contributed by atoms with E-state index in [1.165, 1.54) is 64.8 Å². The second kappa shape index (κ2) is 13.2. The Labute approximate surface area is 166 Å². The molecule has 0 spiro atoms. The van der Waals surface area contributed by atoms with Gasteiger partial charge in [0.2, 0.25) is 0 Å². The normalized spacial score (nSPS) is 23.1. The van der Waals surface area contributed by atoms with Crippen LogP contribution < -0.4 is 10.6 Å². The molecule has 2 aliphatic rings. The van der Waals surface area contributed by atoms with Gasteiger partial charge in [-0.25, -0.2) is 0 Å². The Bertz CT molecular complexity index is 344. The maximum Gasteiger partial charge on any atom is 0.191 e. The van der Waals surface area contributed by atoms with Crippen molar-refractivity contribution in [3.63, 3.8) is 0 Å². The standard InChI is InChI=1S/C18H37N5.HI/c1-3-10-23-13-8-17(16-23)15-21-18(19-4-2)20-9-14-22-11-6-5-7-12-22;/h17H,3-16H2,1-2H3,(H2,19,20,21);1H. The van der Waals surface area contributed by atoms with E-state index in [2.05, 4.69) is 34.3 Å². The molecule has 0 amide bonds. The Kier molecular flexibility index (Phi) is 12.0. The second-order valence-electron chi connectivity index (χ2n) is 7.00. The lowest BCUT2D eigenvalue weighted by Gasteiger charge is -2.26. The molecule has 0 aromatic rings. The van der Waals surface area contributed by atoms with Crippen LogP contribution in [0.3, 0.4) is 0 Å². The van der Waals surface area contributed by atoms with E-state index < -0.39 is 0 Å². The van der Waals surface area contributed by atoms with Crippen LogP contribution in [0.25, 0.3) is 0 Å². The molecule has 0 aromatic carbocycles. The molecule has 0 radical (unpaired) electrons. The zero-order valence-electron chi connectivity index (χ0n) is 15.7. The largest absolute Gasteiger partial charge is 0.357 e. The number of guanidine groups is 1. The third-order valence-electron chi connectivity index (χ3n) is 4.93. The van der Waals surface area contributed by atoms with Gasteiger partial charge in [0.1, 0.15) is 0 Å². The summed E-state index contributed by atoms with van der Waals surface area (Å²) in [6.07, 6.45) is 6.70. The average molecular weight is 451 g/mol. The molecule has 2 rings (SSSR count). The molecule has 2 fully saturated rings. The van der Waals surface area contributed by atoms with Crippen molar-refractivity contribution in [1.82, 2.24) is 20.4 Å². The van der Waals surface area contributed by atoms with Crippen molar-refractivity contribution >= 4 is 29.9 Å². The molecule has 2 heterocycles. The van der Waals surface area contributed by atoms with Gasteiger partial charge in [0, 0.05) is 32.7 Å². The number of aliphatic imine (C=N–C) groups is 1. The molecule has 0 bridgehead atoms. The Morgan fingerprint density at radius 2 is 1.79 bits per heavy atom. The Balaban J connectivity index is 0.00000288. The van der Waals surface area contributed by atoms with Crippen LogP contribution in [0.1, 0.15) is 46.0 Å². The maximum absolute atomic E-state index is 4.82. The van der Waals surface area contributed by atoms with Crippen molar-refractivity contribution < 1.29 is 0 Å². The lowest BCUT2D eigenvalue weighted by Crippen LogP contribution is -2.43. The fourth-order valence-corrected chi connectivity index (χ4v) is 3.66. The van der Waals surface area contributed by atoms with Gasteiger partial charge in [-0.05, 0) is 64.7 Å². The van der Waals surface area contributed by atoms with Crippen molar-refractivity contribution in [3.8, 4) is 0 Å². The van der Waals surface area contributed by atoms with Gasteiger partial charge < -0.3 is 20.4 Å². The van der Waals surface area contributed by atoms with Crippen LogP contribution in [0.5, 0.6) is 0 Å². The zero-order chi connectivity index (χ0) is 16.3. The van der Waals surface area contributed by atoms with Gasteiger partial charge in [0.25, 0.3) is 0 Å². The van der Waals surface area contributed by atoms with E-state index in [1.807, 2.05) is 0 Å². The van der Waals surface area contributed by atoms with Gasteiger partial charge in [-0.1, -0.05) is 13.3 Å². The number of hydrogen-bond donors (Lipinski definition) is 2. The van der Waals surface area contributed by atoms with Crippen molar-refractivity contribution in [2.45, 2.75) is 46.0 Å². The first-order valence-electron chi connectivity index (χ1n) is 9.78. The predicted molar refractivity (Wildman–Crippen MR) is 115 cm³/mol. The first-order chi connectivity index (χ1) is 11.3. The average Bonchev–Trinajstić information content (AvgIpc) is 3.02. The smallest absolute Gasteiger partial charge is 0.191 e. The van der Waals surface area contributed by atoms with Gasteiger partial charge in [-0.3, -0.25) is 4.99 Å². The van der Waals surface area contributed by atoms with Crippen molar-refractivity contribution in [2.24, 2.45) is 10.9 Å². The third-order valence-corrected chi connectivity index (χ3v) is 4.93. The summed E-state index contributed by atoms with van der Waals surface area (Å²) in [5.74, 6) is 1.73. The molecule has 2 saturated heterocycles. The monoisotopic (exact) mass is 451 g/mol. The highest BCUT2D eigenvalue weighted by atomic mass is 127. The van der Waals surface area contributed by atoms with Crippen LogP contribution in [0.15, 0.2) is 4.99 Å². The molecule has 2 N–H and O–H groups in total. The number of likely N-dealkylation sites (tertiary alicyclic amines) is 2. The van der Waals surface area contributed by atoms with E-state index in [0.717, 1.165) is 38.1 Å². The fraction of sp³-hybridized carbons (Fsp3) is 0.944. The summed E-state index contributed by atoms with van der Waals surface area (Å²) in [6, 6.07) is 0. The summed E-state index contributed by atoms with van der Waals surface area (Å²) < 4.78 is 0. The minimum atomic E-state index is 0. The Morgan fingerprint density at radius 1 is 1.00 bits per heavy atom. The second-order valence-corrected chi connectivity index (χ2v) is 7.00. The van der Waals surface area contributed by atoms with Crippen LogP contribution in [0, 0.1) is 5.92 Å². The third kappa shape index (κ3) is 8.34. The Morgan fingerprint density at radius 3 is 2.50 bits per heavy atom. The molecule has 1 unspecified atom stereocenters. The first-order valence-corrected chi connectivity index (χ1v) is 9.78. The molecule has 2 aliphatic heterocycles. The molecule has 142 valence electrons. The predicted octanol–water partition coefficient (Wildman–Crippen LogP) is 2.38. The molecule has 0 aromatic heterocycles. The molecule has 0 aliphatic carbocycles. The number of rotatable bonds is 8. The highest BCUT2D eigenvalue weighted by Gasteiger charge is 2.21. The van der Waals surface area contributed by atoms with Gasteiger partial charge in [-0.15, -0.1) is 24.0 Å². The molecular weight excluding hydrogens is 413 g/mol. The summed E-state index contributed by atoms with van der Waals surface area (Å²) >= 11 is 0. The summed E-state index contributed by atoms with van der Waals surface area (Å²) in [4.78, 5) is 9.97. The van der Waals surface area contributed by atoms with Crippen molar-refractivity contribution in [2.75, 3.05) is 58.9 Å². The van der Waals surface area contributed by atoms with Gasteiger partial charge in [-0.2, -0.15) is 0 Å². The van der Waals surface area contributed by atoms with E-state index in [0.29, 0.717) is 0 Å². The van der Waals surface area contributed by atoms with Crippen molar-refractivity contribution in [3.05, 3.63) is 0 Å². The van der Waals surface area contributed by atoms with Gasteiger partial charge >= 0.3 is 0 Å². The number of nitrogens with zero attached hydrogens (tertiary/aromatic N) is 3. The maximum atomic E-state index is 4.82. The molecule has 5 nitrogen and oxygen atoms in total. The first kappa shape index (κ1) is 22.0.